The minimum absolute atomic E-state index is 0.105. The number of carbonyl (C=O) groups is 1. The Bertz CT molecular complexity index is 1850. The lowest BCUT2D eigenvalue weighted by Crippen LogP contribution is -2.35. The molecule has 45 heavy (non-hydrogen) atoms. The number of benzene rings is 2. The van der Waals surface area contributed by atoms with E-state index in [1.807, 2.05) is 54.6 Å². The quantitative estimate of drug-likeness (QED) is 0.114. The summed E-state index contributed by atoms with van der Waals surface area (Å²) in [7, 11) is 1.60. The molecule has 1 fully saturated rings. The molecule has 2 aromatic carbocycles. The number of hydrogen-bond acceptors (Lipinski definition) is 9. The molecule has 1 aliphatic rings. The molecule has 232 valence electrons. The van der Waals surface area contributed by atoms with Crippen LogP contribution in [0.4, 0.5) is 11.5 Å². The first kappa shape index (κ1) is 31.2. The summed E-state index contributed by atoms with van der Waals surface area (Å²) in [5, 5.41) is 15.1. The van der Waals surface area contributed by atoms with E-state index >= 15 is 0 Å². The van der Waals surface area contributed by atoms with Crippen LogP contribution >= 0.6 is 34.5 Å². The summed E-state index contributed by atoms with van der Waals surface area (Å²) >= 11 is 15.7. The summed E-state index contributed by atoms with van der Waals surface area (Å²) in [6, 6.07) is 17.7. The number of halogens is 2. The van der Waals surface area contributed by atoms with Crippen molar-refractivity contribution in [1.82, 2.24) is 30.9 Å². The summed E-state index contributed by atoms with van der Waals surface area (Å²) < 4.78 is 6.69. The highest BCUT2D eigenvalue weighted by molar-refractivity contribution is 7.18. The van der Waals surface area contributed by atoms with Crippen molar-refractivity contribution in [2.24, 2.45) is 0 Å². The third kappa shape index (κ3) is 6.90. The predicted molar refractivity (Wildman–Crippen MR) is 183 cm³/mol. The molecule has 1 atom stereocenters. The van der Waals surface area contributed by atoms with Crippen molar-refractivity contribution in [1.29, 1.82) is 0 Å². The summed E-state index contributed by atoms with van der Waals surface area (Å²) in [5.41, 5.74) is 5.42. The number of rotatable bonds is 12. The van der Waals surface area contributed by atoms with E-state index in [4.69, 9.17) is 37.9 Å². The zero-order chi connectivity index (χ0) is 31.3. The summed E-state index contributed by atoms with van der Waals surface area (Å²) in [4.78, 5) is 25.6. The average Bonchev–Trinajstić information content (AvgIpc) is 3.67. The maximum atomic E-state index is 11.5. The normalized spacial score (nSPS) is 14.6. The average molecular weight is 663 g/mol. The molecule has 3 aromatic heterocycles. The van der Waals surface area contributed by atoms with E-state index in [9.17, 15) is 4.79 Å². The van der Waals surface area contributed by atoms with Crippen LogP contribution in [-0.2, 0) is 17.9 Å². The number of amides is 1. The molecule has 9 nitrogen and oxygen atoms in total. The molecule has 4 heterocycles. The number of ether oxygens (including phenoxy) is 1. The standard InChI is InChI=1S/C33H33Cl2N7O2S/c1-3-36-18-28-42-31-26(45-28)14-15-38-32(31)40-25-9-5-7-22(30(25)35)21-6-4-8-23(29(21)34)24-12-10-19(33(41-24)44-2)16-37-17-20-11-13-27(43)39-20/h4-10,12,14-15,20,36-37H,3,11,13,16-18H2,1-2H3,(H,38,40)(H,39,43). The van der Waals surface area contributed by atoms with Crippen molar-refractivity contribution in [3.05, 3.63) is 81.4 Å². The van der Waals surface area contributed by atoms with E-state index in [1.165, 1.54) is 0 Å². The van der Waals surface area contributed by atoms with Crippen LogP contribution in [0.5, 0.6) is 5.88 Å². The number of hydrogen-bond donors (Lipinski definition) is 4. The largest absolute Gasteiger partial charge is 0.481 e. The summed E-state index contributed by atoms with van der Waals surface area (Å²) in [5.74, 6) is 1.26. The first-order valence-corrected chi connectivity index (χ1v) is 16.4. The molecule has 0 aliphatic carbocycles. The highest BCUT2D eigenvalue weighted by Crippen LogP contribution is 2.42. The molecule has 0 bridgehead atoms. The molecular formula is C33H33Cl2N7O2S. The first-order valence-electron chi connectivity index (χ1n) is 14.8. The minimum Gasteiger partial charge on any atom is -0.481 e. The van der Waals surface area contributed by atoms with Gasteiger partial charge in [0, 0.05) is 60.5 Å². The van der Waals surface area contributed by atoms with E-state index in [-0.39, 0.29) is 11.9 Å². The summed E-state index contributed by atoms with van der Waals surface area (Å²) in [6.07, 6.45) is 3.19. The summed E-state index contributed by atoms with van der Waals surface area (Å²) in [6.45, 7) is 4.91. The Kier molecular flexibility index (Phi) is 9.77. The molecule has 1 amide bonds. The number of pyridine rings is 2. The van der Waals surface area contributed by atoms with Crippen molar-refractivity contribution in [2.75, 3.05) is 25.5 Å². The lowest BCUT2D eigenvalue weighted by molar-refractivity contribution is -0.119. The Morgan fingerprint density at radius 1 is 0.978 bits per heavy atom. The number of carbonyl (C=O) groups excluding carboxylic acids is 1. The van der Waals surface area contributed by atoms with Gasteiger partial charge < -0.3 is 26.0 Å². The van der Waals surface area contributed by atoms with Gasteiger partial charge in [-0.1, -0.05) is 66.5 Å². The smallest absolute Gasteiger partial charge is 0.220 e. The SMILES string of the molecule is CCNCc1nc2c(Nc3cccc(-c4cccc(-c5ccc(CNCC6CCC(=O)N6)c(OC)n5)c4Cl)c3Cl)nccc2s1. The molecule has 5 aromatic rings. The fourth-order valence-electron chi connectivity index (χ4n) is 5.34. The highest BCUT2D eigenvalue weighted by Gasteiger charge is 2.21. The number of aromatic nitrogens is 3. The maximum Gasteiger partial charge on any atom is 0.220 e. The lowest BCUT2D eigenvalue weighted by atomic mass is 10.00. The third-order valence-electron chi connectivity index (χ3n) is 7.62. The van der Waals surface area contributed by atoms with Crippen LogP contribution in [0.1, 0.15) is 30.3 Å². The molecule has 6 rings (SSSR count). The Labute approximate surface area is 275 Å². The van der Waals surface area contributed by atoms with Gasteiger partial charge in [-0.25, -0.2) is 15.0 Å². The van der Waals surface area contributed by atoms with Crippen molar-refractivity contribution in [2.45, 2.75) is 38.9 Å². The molecule has 0 radical (unpaired) electrons. The van der Waals surface area contributed by atoms with Gasteiger partial charge in [-0.2, -0.15) is 0 Å². The minimum atomic E-state index is 0.105. The predicted octanol–water partition coefficient (Wildman–Crippen LogP) is 6.96. The third-order valence-corrected chi connectivity index (χ3v) is 9.45. The Balaban J connectivity index is 1.24. The van der Waals surface area contributed by atoms with E-state index in [2.05, 4.69) is 33.2 Å². The van der Waals surface area contributed by atoms with Crippen molar-refractivity contribution in [3.63, 3.8) is 0 Å². The van der Waals surface area contributed by atoms with Crippen LogP contribution in [0.3, 0.4) is 0 Å². The Morgan fingerprint density at radius 2 is 1.78 bits per heavy atom. The van der Waals surface area contributed by atoms with Crippen LogP contribution in [0.25, 0.3) is 32.6 Å². The monoisotopic (exact) mass is 661 g/mol. The molecule has 0 spiro atoms. The number of thiazole rings is 1. The number of nitrogens with one attached hydrogen (secondary N) is 4. The molecule has 1 saturated heterocycles. The van der Waals surface area contributed by atoms with Gasteiger partial charge in [-0.15, -0.1) is 11.3 Å². The van der Waals surface area contributed by atoms with Crippen LogP contribution in [0.2, 0.25) is 10.0 Å². The lowest BCUT2D eigenvalue weighted by Gasteiger charge is -2.16. The van der Waals surface area contributed by atoms with Crippen molar-refractivity contribution < 1.29 is 9.53 Å². The van der Waals surface area contributed by atoms with Crippen LogP contribution in [0, 0.1) is 0 Å². The van der Waals surface area contributed by atoms with E-state index in [0.29, 0.717) is 59.2 Å². The van der Waals surface area contributed by atoms with Gasteiger partial charge in [-0.3, -0.25) is 4.79 Å². The van der Waals surface area contributed by atoms with Gasteiger partial charge in [0.05, 0.1) is 33.2 Å². The van der Waals surface area contributed by atoms with Gasteiger partial charge >= 0.3 is 0 Å². The first-order chi connectivity index (χ1) is 21.9. The fraction of sp³-hybridized carbons (Fsp3) is 0.273. The maximum absolute atomic E-state index is 11.5. The number of methoxy groups -OCH3 is 1. The van der Waals surface area contributed by atoms with Gasteiger partial charge in [0.2, 0.25) is 11.8 Å². The van der Waals surface area contributed by atoms with Crippen molar-refractivity contribution >= 4 is 62.2 Å². The van der Waals surface area contributed by atoms with Gasteiger partial charge in [0.15, 0.2) is 5.82 Å². The molecule has 0 saturated carbocycles. The second-order valence-electron chi connectivity index (χ2n) is 10.7. The highest BCUT2D eigenvalue weighted by atomic mass is 35.5. The molecule has 12 heteroatoms. The Morgan fingerprint density at radius 3 is 2.56 bits per heavy atom. The molecule has 1 aliphatic heterocycles. The number of fused-ring (bicyclic) bond motifs is 1. The molecule has 1 unspecified atom stereocenters. The van der Waals surface area contributed by atoms with Crippen LogP contribution in [0.15, 0.2) is 60.8 Å². The zero-order valence-electron chi connectivity index (χ0n) is 24.9. The van der Waals surface area contributed by atoms with Gasteiger partial charge in [-0.05, 0) is 31.2 Å². The second-order valence-corrected chi connectivity index (χ2v) is 12.5. The number of anilines is 2. The Hall–Kier alpha value is -3.80. The van der Waals surface area contributed by atoms with Crippen LogP contribution < -0.4 is 26.0 Å². The van der Waals surface area contributed by atoms with E-state index in [0.717, 1.165) is 50.4 Å². The van der Waals surface area contributed by atoms with Gasteiger partial charge in [0.1, 0.15) is 10.5 Å². The van der Waals surface area contributed by atoms with Crippen molar-refractivity contribution in [3.8, 4) is 28.3 Å². The molecule has 4 N–H and O–H groups in total. The topological polar surface area (TPSA) is 113 Å². The van der Waals surface area contributed by atoms with E-state index < -0.39 is 0 Å². The second kappa shape index (κ2) is 14.1. The molecular weight excluding hydrogens is 629 g/mol. The van der Waals surface area contributed by atoms with Crippen LogP contribution in [-0.4, -0.2) is 47.1 Å². The van der Waals surface area contributed by atoms with Gasteiger partial charge in [0.25, 0.3) is 0 Å². The zero-order valence-corrected chi connectivity index (χ0v) is 27.2. The fourth-order valence-corrected chi connectivity index (χ4v) is 6.88. The van der Waals surface area contributed by atoms with E-state index in [1.54, 1.807) is 24.6 Å². The number of nitrogens with zero attached hydrogens (tertiary/aromatic N) is 3.